The summed E-state index contributed by atoms with van der Waals surface area (Å²) >= 11 is 9.73. The fraction of sp³-hybridized carbons (Fsp3) is 0.0556. The van der Waals surface area contributed by atoms with Crippen LogP contribution in [0.5, 0.6) is 0 Å². The SMILES string of the molecule is O=C(CSc1ncc(S(=O)(=O)c2ccc(Br)cc2)c(=O)[nH]1)Nc1ccc(Cl)cc1F. The van der Waals surface area contributed by atoms with Crippen LogP contribution in [0.2, 0.25) is 5.02 Å². The first-order valence-corrected chi connectivity index (χ1v) is 11.8. The molecule has 0 aliphatic heterocycles. The number of amides is 1. The second-order valence-electron chi connectivity index (χ2n) is 5.80. The molecule has 1 aromatic heterocycles. The highest BCUT2D eigenvalue weighted by molar-refractivity contribution is 9.10. The molecule has 0 aliphatic rings. The Morgan fingerprint density at radius 1 is 1.23 bits per heavy atom. The van der Waals surface area contributed by atoms with E-state index in [4.69, 9.17) is 11.6 Å². The molecule has 0 saturated heterocycles. The van der Waals surface area contributed by atoms with Crippen LogP contribution in [-0.4, -0.2) is 30.0 Å². The number of benzene rings is 2. The van der Waals surface area contributed by atoms with Gasteiger partial charge < -0.3 is 10.3 Å². The highest BCUT2D eigenvalue weighted by Crippen LogP contribution is 2.22. The number of halogens is 3. The lowest BCUT2D eigenvalue weighted by Gasteiger charge is -2.07. The van der Waals surface area contributed by atoms with Gasteiger partial charge in [-0.1, -0.05) is 39.3 Å². The van der Waals surface area contributed by atoms with Gasteiger partial charge in [0, 0.05) is 9.50 Å². The van der Waals surface area contributed by atoms with Crippen LogP contribution in [-0.2, 0) is 14.6 Å². The fourth-order valence-corrected chi connectivity index (χ4v) is 4.57. The number of hydrogen-bond acceptors (Lipinski definition) is 6. The van der Waals surface area contributed by atoms with E-state index in [-0.39, 0.29) is 26.5 Å². The van der Waals surface area contributed by atoms with E-state index in [1.807, 2.05) is 0 Å². The smallest absolute Gasteiger partial charge is 0.270 e. The van der Waals surface area contributed by atoms with E-state index in [1.54, 1.807) is 12.1 Å². The molecule has 1 amide bonds. The zero-order valence-corrected chi connectivity index (χ0v) is 18.8. The van der Waals surface area contributed by atoms with Gasteiger partial charge in [-0.3, -0.25) is 9.59 Å². The number of nitrogens with one attached hydrogen (secondary N) is 2. The largest absolute Gasteiger partial charge is 0.323 e. The molecule has 0 bridgehead atoms. The van der Waals surface area contributed by atoms with Crippen molar-refractivity contribution < 1.29 is 17.6 Å². The van der Waals surface area contributed by atoms with Crippen LogP contribution >= 0.6 is 39.3 Å². The molecule has 7 nitrogen and oxygen atoms in total. The van der Waals surface area contributed by atoms with E-state index in [9.17, 15) is 22.4 Å². The van der Waals surface area contributed by atoms with Gasteiger partial charge in [-0.15, -0.1) is 0 Å². The van der Waals surface area contributed by atoms with E-state index in [2.05, 4.69) is 31.2 Å². The summed E-state index contributed by atoms with van der Waals surface area (Å²) in [5.74, 6) is -1.42. The van der Waals surface area contributed by atoms with E-state index < -0.39 is 32.0 Å². The van der Waals surface area contributed by atoms with Gasteiger partial charge in [0.1, 0.15) is 5.82 Å². The second-order valence-corrected chi connectivity index (χ2v) is 10.0. The van der Waals surface area contributed by atoms with Crippen molar-refractivity contribution in [3.63, 3.8) is 0 Å². The van der Waals surface area contributed by atoms with Gasteiger partial charge in [0.2, 0.25) is 15.7 Å². The van der Waals surface area contributed by atoms with Crippen LogP contribution in [0.25, 0.3) is 0 Å². The highest BCUT2D eigenvalue weighted by atomic mass is 79.9. The number of aromatic amines is 1. The molecule has 0 fully saturated rings. The van der Waals surface area contributed by atoms with E-state index >= 15 is 0 Å². The Morgan fingerprint density at radius 2 is 1.93 bits per heavy atom. The van der Waals surface area contributed by atoms with E-state index in [1.165, 1.54) is 24.3 Å². The third kappa shape index (κ3) is 5.28. The monoisotopic (exact) mass is 531 g/mol. The standard InChI is InChI=1S/C18H12BrClFN3O4S2/c19-10-1-4-12(5-2-10)30(27,28)15-8-22-18(24-17(15)26)29-9-16(25)23-14-6-3-11(20)7-13(14)21/h1-8H,9H2,(H,23,25)(H,22,24,26). The van der Waals surface area contributed by atoms with Crippen molar-refractivity contribution in [2.75, 3.05) is 11.1 Å². The van der Waals surface area contributed by atoms with Crippen molar-refractivity contribution in [1.82, 2.24) is 9.97 Å². The fourth-order valence-electron chi connectivity index (χ4n) is 2.28. The number of thioether (sulfide) groups is 1. The summed E-state index contributed by atoms with van der Waals surface area (Å²) in [5, 5.41) is 2.61. The van der Waals surface area contributed by atoms with Crippen molar-refractivity contribution in [2.45, 2.75) is 14.9 Å². The topological polar surface area (TPSA) is 109 Å². The highest BCUT2D eigenvalue weighted by Gasteiger charge is 2.22. The Kier molecular flexibility index (Phi) is 6.96. The molecular formula is C18H12BrClFN3O4S2. The zero-order chi connectivity index (χ0) is 21.9. The van der Waals surface area contributed by atoms with Gasteiger partial charge >= 0.3 is 0 Å². The Morgan fingerprint density at radius 3 is 2.57 bits per heavy atom. The molecule has 30 heavy (non-hydrogen) atoms. The molecule has 0 atom stereocenters. The molecule has 0 radical (unpaired) electrons. The number of aromatic nitrogens is 2. The first-order chi connectivity index (χ1) is 14.2. The van der Waals surface area contributed by atoms with Crippen LogP contribution in [0.1, 0.15) is 0 Å². The summed E-state index contributed by atoms with van der Waals surface area (Å²) in [5.41, 5.74) is -0.901. The third-order valence-corrected chi connectivity index (χ3v) is 7.12. The van der Waals surface area contributed by atoms with Gasteiger partial charge in [0.15, 0.2) is 10.1 Å². The first-order valence-electron chi connectivity index (χ1n) is 8.14. The molecule has 2 N–H and O–H groups in total. The quantitative estimate of drug-likeness (QED) is 0.368. The minimum Gasteiger partial charge on any atom is -0.323 e. The minimum atomic E-state index is -4.05. The van der Waals surface area contributed by atoms with E-state index in [0.717, 1.165) is 24.0 Å². The van der Waals surface area contributed by atoms with Crippen LogP contribution in [0.3, 0.4) is 0 Å². The van der Waals surface area contributed by atoms with Crippen LogP contribution in [0.15, 0.2) is 72.9 Å². The number of anilines is 1. The molecule has 156 valence electrons. The number of carbonyl (C=O) groups excluding carboxylic acids is 1. The zero-order valence-electron chi connectivity index (χ0n) is 14.9. The summed E-state index contributed by atoms with van der Waals surface area (Å²) in [4.78, 5) is 30.0. The van der Waals surface area contributed by atoms with Gasteiger partial charge in [-0.2, -0.15) is 0 Å². The summed E-state index contributed by atoms with van der Waals surface area (Å²) in [7, 11) is -4.05. The van der Waals surface area contributed by atoms with Gasteiger partial charge in [-0.05, 0) is 42.5 Å². The van der Waals surface area contributed by atoms with Crippen molar-refractivity contribution >= 4 is 60.7 Å². The van der Waals surface area contributed by atoms with Crippen molar-refractivity contribution in [3.8, 4) is 0 Å². The number of nitrogens with zero attached hydrogens (tertiary/aromatic N) is 1. The molecule has 0 spiro atoms. The summed E-state index contributed by atoms with van der Waals surface area (Å²) in [6.45, 7) is 0. The van der Waals surface area contributed by atoms with Gasteiger partial charge in [0.05, 0.1) is 22.5 Å². The van der Waals surface area contributed by atoms with Crippen LogP contribution in [0, 0.1) is 5.82 Å². The van der Waals surface area contributed by atoms with Gasteiger partial charge in [0.25, 0.3) is 5.56 Å². The molecule has 0 unspecified atom stereocenters. The van der Waals surface area contributed by atoms with Crippen LogP contribution < -0.4 is 10.9 Å². The summed E-state index contributed by atoms with van der Waals surface area (Å²) in [6, 6.07) is 9.62. The predicted molar refractivity (Wildman–Crippen MR) is 115 cm³/mol. The molecular weight excluding hydrogens is 521 g/mol. The Hall–Kier alpha value is -2.21. The molecule has 1 heterocycles. The average Bonchev–Trinajstić information content (AvgIpc) is 2.69. The average molecular weight is 533 g/mol. The van der Waals surface area contributed by atoms with E-state index in [0.29, 0.717) is 4.47 Å². The number of rotatable bonds is 6. The molecule has 3 rings (SSSR count). The Labute approximate surface area is 188 Å². The molecule has 12 heteroatoms. The predicted octanol–water partition coefficient (Wildman–Crippen LogP) is 3.89. The second kappa shape index (κ2) is 9.29. The first kappa shape index (κ1) is 22.5. The van der Waals surface area contributed by atoms with Gasteiger partial charge in [-0.25, -0.2) is 17.8 Å². The molecule has 2 aromatic carbocycles. The number of sulfone groups is 1. The lowest BCUT2D eigenvalue weighted by molar-refractivity contribution is -0.113. The minimum absolute atomic E-state index is 0.0395. The Bertz CT molecular complexity index is 1270. The maximum atomic E-state index is 13.7. The summed E-state index contributed by atoms with van der Waals surface area (Å²) in [6.07, 6.45) is 0.940. The van der Waals surface area contributed by atoms with Crippen molar-refractivity contribution in [2.24, 2.45) is 0 Å². The Balaban J connectivity index is 1.70. The number of hydrogen-bond donors (Lipinski definition) is 2. The third-order valence-electron chi connectivity index (χ3n) is 3.70. The number of H-pyrrole nitrogens is 1. The molecule has 0 saturated carbocycles. The lowest BCUT2D eigenvalue weighted by Crippen LogP contribution is -2.20. The van der Waals surface area contributed by atoms with Crippen molar-refractivity contribution in [3.05, 3.63) is 74.3 Å². The maximum Gasteiger partial charge on any atom is 0.270 e. The van der Waals surface area contributed by atoms with Crippen molar-refractivity contribution in [1.29, 1.82) is 0 Å². The molecule has 0 aliphatic carbocycles. The summed E-state index contributed by atoms with van der Waals surface area (Å²) < 4.78 is 39.6. The number of carbonyl (C=O) groups is 1. The molecule has 3 aromatic rings. The normalized spacial score (nSPS) is 11.3. The van der Waals surface area contributed by atoms with Crippen LogP contribution in [0.4, 0.5) is 10.1 Å². The maximum absolute atomic E-state index is 13.7. The lowest BCUT2D eigenvalue weighted by atomic mass is 10.3.